The van der Waals surface area contributed by atoms with Crippen LogP contribution in [0.2, 0.25) is 0 Å². The molecule has 0 N–H and O–H groups in total. The minimum absolute atomic E-state index is 0.409. The highest BCUT2D eigenvalue weighted by atomic mass is 16.2. The first kappa shape index (κ1) is 115. The number of carbonyl (C=O) groups is 8. The number of ketones is 8. The van der Waals surface area contributed by atoms with Crippen molar-refractivity contribution in [3.63, 3.8) is 0 Å². The molecular formula is C112H208O8. The van der Waals surface area contributed by atoms with Crippen molar-refractivity contribution in [2.24, 2.45) is 101 Å². The molecule has 16 unspecified atom stereocenters. The van der Waals surface area contributed by atoms with Crippen LogP contribution in [-0.2, 0) is 38.4 Å². The molecule has 120 heavy (non-hydrogen) atoms. The molecule has 8 fully saturated rings. The molecule has 0 aromatic carbocycles. The quantitative estimate of drug-likeness (QED) is 0.0549. The van der Waals surface area contributed by atoms with Crippen LogP contribution in [0, 0.1) is 101 Å². The topological polar surface area (TPSA) is 137 Å². The van der Waals surface area contributed by atoms with E-state index in [1.165, 1.54) is 449 Å². The van der Waals surface area contributed by atoms with Gasteiger partial charge in [-0.1, -0.05) is 409 Å². The average molecular weight is 1680 g/mol. The second-order valence-corrected chi connectivity index (χ2v) is 41.5. The number of rotatable bonds is 71. The van der Waals surface area contributed by atoms with Crippen LogP contribution in [-0.4, -0.2) is 46.3 Å². The van der Waals surface area contributed by atoms with Gasteiger partial charge in [0, 0.05) is 47.3 Å². The number of hydrogen-bond donors (Lipinski definition) is 0. The van der Waals surface area contributed by atoms with Crippen LogP contribution in [0.1, 0.15) is 567 Å². The van der Waals surface area contributed by atoms with Crippen LogP contribution in [0.5, 0.6) is 0 Å². The molecule has 0 heterocycles. The zero-order valence-corrected chi connectivity index (χ0v) is 83.6. The van der Waals surface area contributed by atoms with Gasteiger partial charge in [-0.15, -0.1) is 0 Å². The summed E-state index contributed by atoms with van der Waals surface area (Å²) >= 11 is 0. The van der Waals surface area contributed by atoms with Gasteiger partial charge >= 0.3 is 0 Å². The highest BCUT2D eigenvalue weighted by molar-refractivity contribution is 5.84. The van der Waals surface area contributed by atoms with E-state index in [0.29, 0.717) is 93.6 Å². The molecular weight excluding hydrogens is 1470 g/mol. The van der Waals surface area contributed by atoms with Crippen molar-refractivity contribution in [1.82, 2.24) is 0 Å². The number of carbonyl (C=O) groups excluding carboxylic acids is 8. The maximum atomic E-state index is 11.1. The van der Waals surface area contributed by atoms with E-state index < -0.39 is 0 Å². The van der Waals surface area contributed by atoms with Crippen LogP contribution in [0.3, 0.4) is 0 Å². The molecule has 0 bridgehead atoms. The van der Waals surface area contributed by atoms with Crippen LogP contribution in [0.15, 0.2) is 0 Å². The fourth-order valence-electron chi connectivity index (χ4n) is 19.4. The molecule has 8 nitrogen and oxygen atoms in total. The summed E-state index contributed by atoms with van der Waals surface area (Å²) in [7, 11) is 0. The van der Waals surface area contributed by atoms with Gasteiger partial charge in [0.05, 0.1) is 0 Å². The first-order valence-corrected chi connectivity index (χ1v) is 53.9. The Balaban J connectivity index is 0.000000688. The maximum Gasteiger partial charge on any atom is 0.133 e. The molecule has 0 spiro atoms. The van der Waals surface area contributed by atoms with Gasteiger partial charge in [0.2, 0.25) is 0 Å². The molecule has 8 aliphatic carbocycles. The SMILES string of the molecule is CC(=O)C1CC1CCCCCCCC(C)C.CCCCCC1CC1C(C)=O.CCCCCCCC1CC1C(C)=O.CCCCCCCCC1CC1C(C)=O.CCCCCCCCCC1CC1C(C)=O.CCCCCCCCCCC1CC1C(C)=O.CCCCCCCCCCCC1CC1C(C)=O.CCCCCCCCCCCCC1CC1C(C)=O. The van der Waals surface area contributed by atoms with Crippen molar-refractivity contribution in [3.8, 4) is 0 Å². The average Bonchev–Trinajstić information content (AvgIpc) is 1.75. The normalized spacial score (nSPS) is 24.2. The van der Waals surface area contributed by atoms with Gasteiger partial charge in [0.25, 0.3) is 0 Å². The zero-order chi connectivity index (χ0) is 88.9. The van der Waals surface area contributed by atoms with Gasteiger partial charge < -0.3 is 0 Å². The smallest absolute Gasteiger partial charge is 0.133 e. The largest absolute Gasteiger partial charge is 0.300 e. The molecule has 0 aromatic rings. The summed E-state index contributed by atoms with van der Waals surface area (Å²) < 4.78 is 0. The summed E-state index contributed by atoms with van der Waals surface area (Å²) in [6.45, 7) is 34.3. The van der Waals surface area contributed by atoms with Gasteiger partial charge in [-0.05, 0) is 211 Å². The summed E-state index contributed by atoms with van der Waals surface area (Å²) in [6, 6.07) is 0. The van der Waals surface area contributed by atoms with Gasteiger partial charge in [-0.3, -0.25) is 38.4 Å². The Kier molecular flexibility index (Phi) is 73.5. The summed E-state index contributed by atoms with van der Waals surface area (Å²) in [6.07, 6.45) is 94.7. The molecule has 0 radical (unpaired) electrons. The van der Waals surface area contributed by atoms with E-state index in [0.717, 1.165) is 53.3 Å². The van der Waals surface area contributed by atoms with Crippen LogP contribution < -0.4 is 0 Å². The van der Waals surface area contributed by atoms with Crippen molar-refractivity contribution in [2.45, 2.75) is 567 Å². The fourth-order valence-corrected chi connectivity index (χ4v) is 19.4. The minimum atomic E-state index is 0.409. The molecule has 0 saturated heterocycles. The molecule has 8 aliphatic rings. The Hall–Kier alpha value is -2.64. The Morgan fingerprint density at radius 2 is 0.267 bits per heavy atom. The lowest BCUT2D eigenvalue weighted by Gasteiger charge is -2.04. The molecule has 8 saturated carbocycles. The highest BCUT2D eigenvalue weighted by Crippen LogP contribution is 2.48. The molecule has 8 rings (SSSR count). The van der Waals surface area contributed by atoms with E-state index in [-0.39, 0.29) is 0 Å². The molecule has 704 valence electrons. The zero-order valence-electron chi connectivity index (χ0n) is 83.6. The minimum Gasteiger partial charge on any atom is -0.300 e. The third kappa shape index (κ3) is 67.6. The fraction of sp³-hybridized carbons (Fsp3) is 0.929. The summed E-state index contributed by atoms with van der Waals surface area (Å²) in [4.78, 5) is 88.1. The van der Waals surface area contributed by atoms with Crippen molar-refractivity contribution in [3.05, 3.63) is 0 Å². The number of Topliss-reactive ketones (excluding diaryl/α,β-unsaturated/α-hetero) is 8. The van der Waals surface area contributed by atoms with Crippen molar-refractivity contribution < 1.29 is 38.4 Å². The van der Waals surface area contributed by atoms with Crippen LogP contribution >= 0.6 is 0 Å². The second-order valence-electron chi connectivity index (χ2n) is 41.5. The summed E-state index contributed by atoms with van der Waals surface area (Å²) in [5.74, 6) is 13.9. The first-order chi connectivity index (χ1) is 57.9. The van der Waals surface area contributed by atoms with Crippen LogP contribution in [0.4, 0.5) is 0 Å². The monoisotopic (exact) mass is 1680 g/mol. The summed E-state index contributed by atoms with van der Waals surface area (Å²) in [5, 5.41) is 0. The van der Waals surface area contributed by atoms with E-state index in [2.05, 4.69) is 62.3 Å². The van der Waals surface area contributed by atoms with E-state index in [4.69, 9.17) is 0 Å². The number of hydrogen-bond acceptors (Lipinski definition) is 8. The first-order valence-electron chi connectivity index (χ1n) is 53.9. The lowest BCUT2D eigenvalue weighted by Crippen LogP contribution is -1.95. The number of unbranched alkanes of at least 4 members (excludes halogenated alkanes) is 45. The van der Waals surface area contributed by atoms with Gasteiger partial charge in [0.1, 0.15) is 46.3 Å². The molecule has 0 amide bonds. The Morgan fingerprint density at radius 3 is 0.375 bits per heavy atom. The van der Waals surface area contributed by atoms with E-state index in [1.807, 2.05) is 0 Å². The van der Waals surface area contributed by atoms with Crippen LogP contribution in [0.25, 0.3) is 0 Å². The molecule has 16 atom stereocenters. The van der Waals surface area contributed by atoms with E-state index in [9.17, 15) is 38.4 Å². The lowest BCUT2D eigenvalue weighted by atomic mass is 10.0. The summed E-state index contributed by atoms with van der Waals surface area (Å²) in [5.41, 5.74) is 0. The van der Waals surface area contributed by atoms with Gasteiger partial charge in [0.15, 0.2) is 0 Å². The third-order valence-electron chi connectivity index (χ3n) is 28.9. The van der Waals surface area contributed by atoms with E-state index >= 15 is 0 Å². The Labute approximate surface area is 748 Å². The van der Waals surface area contributed by atoms with Gasteiger partial charge in [-0.25, -0.2) is 0 Å². The Bertz CT molecular complexity index is 2510. The molecule has 0 aromatic heterocycles. The molecule has 0 aliphatic heterocycles. The highest BCUT2D eigenvalue weighted by Gasteiger charge is 2.44. The predicted octanol–water partition coefficient (Wildman–Crippen LogP) is 34.7. The van der Waals surface area contributed by atoms with Crippen molar-refractivity contribution in [1.29, 1.82) is 0 Å². The lowest BCUT2D eigenvalue weighted by molar-refractivity contribution is -0.119. The third-order valence-corrected chi connectivity index (χ3v) is 28.9. The van der Waals surface area contributed by atoms with Crippen molar-refractivity contribution in [2.75, 3.05) is 0 Å². The second kappa shape index (κ2) is 76.4. The Morgan fingerprint density at radius 1 is 0.167 bits per heavy atom. The predicted molar refractivity (Wildman–Crippen MR) is 519 cm³/mol. The standard InChI is InChI=1S/C17H32O.C16H30O.2C15H28O.C14H26O.C13H24O.C12H22O.C10H18O/c1-3-4-5-6-7-8-9-10-11-12-13-16-14-17(16)15(2)18;1-3-4-5-6-7-8-9-10-11-12-15-13-16(15)14(2)17;1-12(2)9-7-5-4-6-8-10-14-11-15(14)13(3)16;1-3-4-5-6-7-8-9-10-11-14-12-15(14)13(2)16;1-3-4-5-6-7-8-9-10-13-11-14(13)12(2)15;1-3-4-5-6-7-8-9-12-10-13(12)11(2)14;1-3-4-5-6-7-8-11-9-12(11)10(2)13;1-3-4-5-6-9-7-10(9)8(2)11/h16-17H,3-14H2,1-2H3;15-16H,3-13H2,1-2H3;12,14-15H,4-11H2,1-3H3;14-15H,3-12H2,1-2H3;13-14H,3-11H2,1-2H3;12-13H,3-10H2,1-2H3;11-12H,3-9H2,1-2H3;9-10H,3-7H2,1-2H3. The van der Waals surface area contributed by atoms with Crippen molar-refractivity contribution >= 4 is 46.3 Å². The van der Waals surface area contributed by atoms with Gasteiger partial charge in [-0.2, -0.15) is 0 Å². The molecule has 8 heteroatoms. The van der Waals surface area contributed by atoms with E-state index in [1.54, 1.807) is 55.4 Å². The maximum absolute atomic E-state index is 11.1.